The van der Waals surface area contributed by atoms with Crippen LogP contribution in [0.15, 0.2) is 241 Å². The number of rotatable bonds is 6. The van der Waals surface area contributed by atoms with Crippen molar-refractivity contribution in [3.8, 4) is 55.6 Å². The van der Waals surface area contributed by atoms with Gasteiger partial charge in [0.2, 0.25) is 0 Å². The molecule has 10 aromatic carbocycles. The Balaban J connectivity index is 1.19. The van der Waals surface area contributed by atoms with E-state index in [1.807, 2.05) is 97.1 Å². The van der Waals surface area contributed by atoms with E-state index in [1.165, 1.54) is 27.8 Å². The van der Waals surface area contributed by atoms with Crippen LogP contribution >= 0.6 is 0 Å². The zero-order chi connectivity index (χ0) is 44.1. The predicted molar refractivity (Wildman–Crippen MR) is 261 cm³/mol. The summed E-state index contributed by atoms with van der Waals surface area (Å²) >= 11 is 0. The molecule has 1 spiro atoms. The van der Waals surface area contributed by atoms with Crippen LogP contribution in [0.1, 0.15) is 26.4 Å². The Bertz CT molecular complexity index is 3650. The van der Waals surface area contributed by atoms with Gasteiger partial charge in [-0.25, -0.2) is 0 Å². The number of hydrogen-bond acceptors (Lipinski definition) is 2. The summed E-state index contributed by atoms with van der Waals surface area (Å²) in [4.78, 5) is 2.17. The third-order valence-electron chi connectivity index (χ3n) is 13.2. The van der Waals surface area contributed by atoms with Crippen molar-refractivity contribution < 1.29 is 8.53 Å². The van der Waals surface area contributed by atoms with Crippen LogP contribution in [0.25, 0.3) is 77.6 Å². The molecule has 0 atom stereocenters. The van der Waals surface area contributed by atoms with E-state index in [0.29, 0.717) is 16.8 Å². The normalized spacial score (nSPS) is 13.6. The Morgan fingerprint density at radius 2 is 0.825 bits per heavy atom. The van der Waals surface area contributed by atoms with E-state index in [0.717, 1.165) is 72.3 Å². The lowest BCUT2D eigenvalue weighted by atomic mass is 9.70. The van der Waals surface area contributed by atoms with Gasteiger partial charge in [-0.05, 0) is 109 Å². The first kappa shape index (κ1) is 32.6. The highest BCUT2D eigenvalue weighted by molar-refractivity contribution is 6.14. The smallest absolute Gasteiger partial charge is 0.136 e. The Hall–Kier alpha value is -8.20. The average Bonchev–Trinajstić information content (AvgIpc) is 4.01. The molecule has 294 valence electrons. The molecular weight excluding hydrogens is 763 g/mol. The molecule has 1 aromatic heterocycles. The second-order valence-corrected chi connectivity index (χ2v) is 16.4. The standard InChI is InChI=1S/C61H39NO/c1-3-19-40(20-4-1)42-37-43(41-21-5-2-6-22-41)39-44(38-42)62(55-33-15-10-25-47(55)48-28-17-36-58-59(48)50-27-11-16-35-57(50)63-58)56-34-18-32-54-60(56)49-26-9-14-31-53(49)61(54)51-29-12-7-23-45(51)46-24-8-13-30-52(46)61/h1-39H/i37D,38D,39D. The second-order valence-electron chi connectivity index (χ2n) is 16.4. The minimum atomic E-state index is -0.620. The van der Waals surface area contributed by atoms with E-state index in [1.54, 1.807) is 0 Å². The Morgan fingerprint density at radius 1 is 0.349 bits per heavy atom. The molecule has 13 rings (SSSR count). The lowest BCUT2D eigenvalue weighted by Crippen LogP contribution is -2.26. The Labute approximate surface area is 370 Å². The summed E-state index contributed by atoms with van der Waals surface area (Å²) in [6, 6.07) is 75.6. The van der Waals surface area contributed by atoms with Crippen LogP contribution in [0, 0.1) is 0 Å². The van der Waals surface area contributed by atoms with Gasteiger partial charge in [-0.3, -0.25) is 0 Å². The van der Waals surface area contributed by atoms with Crippen LogP contribution < -0.4 is 4.90 Å². The monoisotopic (exact) mass is 804 g/mol. The topological polar surface area (TPSA) is 16.4 Å². The summed E-state index contributed by atoms with van der Waals surface area (Å²) in [7, 11) is 0. The summed E-state index contributed by atoms with van der Waals surface area (Å²) in [6.45, 7) is 0. The molecule has 2 heteroatoms. The molecule has 63 heavy (non-hydrogen) atoms. The molecule has 0 radical (unpaired) electrons. The zero-order valence-electron chi connectivity index (χ0n) is 37.1. The van der Waals surface area contributed by atoms with Crippen LogP contribution in [-0.4, -0.2) is 0 Å². The highest BCUT2D eigenvalue weighted by Gasteiger charge is 2.52. The van der Waals surface area contributed by atoms with E-state index in [4.69, 9.17) is 4.42 Å². The number of benzene rings is 10. The number of anilines is 3. The third kappa shape index (κ3) is 5.19. The fourth-order valence-electron chi connectivity index (χ4n) is 10.6. The molecule has 0 fully saturated rings. The Kier molecular flexibility index (Phi) is 7.19. The van der Waals surface area contributed by atoms with Crippen molar-refractivity contribution in [1.29, 1.82) is 0 Å². The van der Waals surface area contributed by atoms with Gasteiger partial charge in [0.15, 0.2) is 0 Å². The number of hydrogen-bond donors (Lipinski definition) is 0. The second kappa shape index (κ2) is 13.9. The summed E-state index contributed by atoms with van der Waals surface area (Å²) in [5, 5.41) is 2.01. The van der Waals surface area contributed by atoms with Gasteiger partial charge in [0.1, 0.15) is 11.2 Å². The van der Waals surface area contributed by atoms with Crippen LogP contribution in [0.3, 0.4) is 0 Å². The SMILES string of the molecule is [2H]c1c(-c2ccccc2)c([2H])c(N(c2ccccc2-c2cccc3oc4ccccc4c23)c2cccc3c2-c2ccccc2C32c3ccccc3-c3ccccc32)c([2H])c1-c1ccccc1. The summed E-state index contributed by atoms with van der Waals surface area (Å²) in [6.07, 6.45) is 0. The first-order chi connectivity index (χ1) is 32.6. The van der Waals surface area contributed by atoms with Gasteiger partial charge in [-0.15, -0.1) is 0 Å². The number of furan rings is 1. The molecule has 1 heterocycles. The molecule has 0 saturated carbocycles. The van der Waals surface area contributed by atoms with Crippen molar-refractivity contribution in [1.82, 2.24) is 0 Å². The van der Waals surface area contributed by atoms with E-state index in [2.05, 4.69) is 126 Å². The van der Waals surface area contributed by atoms with Crippen LogP contribution in [0.5, 0.6) is 0 Å². The first-order valence-electron chi connectivity index (χ1n) is 23.0. The molecule has 0 saturated heterocycles. The lowest BCUT2D eigenvalue weighted by Gasteiger charge is -2.33. The number of nitrogens with zero attached hydrogens (tertiary/aromatic N) is 1. The average molecular weight is 805 g/mol. The van der Waals surface area contributed by atoms with Crippen molar-refractivity contribution in [2.45, 2.75) is 5.41 Å². The molecule has 0 N–H and O–H groups in total. The van der Waals surface area contributed by atoms with Gasteiger partial charge in [0.25, 0.3) is 0 Å². The number of para-hydroxylation sites is 2. The van der Waals surface area contributed by atoms with Gasteiger partial charge in [-0.1, -0.05) is 194 Å². The maximum absolute atomic E-state index is 10.4. The van der Waals surface area contributed by atoms with Gasteiger partial charge >= 0.3 is 0 Å². The summed E-state index contributed by atoms with van der Waals surface area (Å²) in [5.74, 6) is 0. The molecule has 11 aromatic rings. The molecular formula is C61H39NO. The molecule has 2 aliphatic carbocycles. The lowest BCUT2D eigenvalue weighted by molar-refractivity contribution is 0.669. The third-order valence-corrected chi connectivity index (χ3v) is 13.2. The zero-order valence-corrected chi connectivity index (χ0v) is 34.1. The Morgan fingerprint density at radius 3 is 1.51 bits per heavy atom. The van der Waals surface area contributed by atoms with Crippen LogP contribution in [0.2, 0.25) is 0 Å². The van der Waals surface area contributed by atoms with E-state index in [9.17, 15) is 4.11 Å². The molecule has 0 aliphatic heterocycles. The summed E-state index contributed by atoms with van der Waals surface area (Å²) < 4.78 is 37.2. The molecule has 2 nitrogen and oxygen atoms in total. The molecule has 0 unspecified atom stereocenters. The van der Waals surface area contributed by atoms with E-state index < -0.39 is 5.41 Å². The molecule has 2 aliphatic rings. The van der Waals surface area contributed by atoms with Crippen molar-refractivity contribution in [3.05, 3.63) is 259 Å². The minimum Gasteiger partial charge on any atom is -0.456 e. The minimum absolute atomic E-state index is 0.104. The molecule has 0 bridgehead atoms. The molecule has 0 amide bonds. The highest BCUT2D eigenvalue weighted by Crippen LogP contribution is 2.65. The van der Waals surface area contributed by atoms with Crippen molar-refractivity contribution in [2.75, 3.05) is 4.90 Å². The van der Waals surface area contributed by atoms with Gasteiger partial charge in [0.05, 0.1) is 20.9 Å². The van der Waals surface area contributed by atoms with Crippen molar-refractivity contribution in [3.63, 3.8) is 0 Å². The van der Waals surface area contributed by atoms with Gasteiger partial charge in [0, 0.05) is 27.6 Å². The van der Waals surface area contributed by atoms with E-state index >= 15 is 0 Å². The van der Waals surface area contributed by atoms with E-state index in [-0.39, 0.29) is 18.1 Å². The van der Waals surface area contributed by atoms with Gasteiger partial charge < -0.3 is 9.32 Å². The quantitative estimate of drug-likeness (QED) is 0.166. The first-order valence-corrected chi connectivity index (χ1v) is 21.5. The van der Waals surface area contributed by atoms with Crippen molar-refractivity contribution >= 4 is 39.0 Å². The van der Waals surface area contributed by atoms with Crippen LogP contribution in [0.4, 0.5) is 17.1 Å². The van der Waals surface area contributed by atoms with Crippen molar-refractivity contribution in [2.24, 2.45) is 0 Å². The van der Waals surface area contributed by atoms with Crippen LogP contribution in [-0.2, 0) is 5.41 Å². The largest absolute Gasteiger partial charge is 0.456 e. The fraction of sp³-hybridized carbons (Fsp3) is 0.0164. The number of fused-ring (bicyclic) bond motifs is 13. The maximum atomic E-state index is 10.4. The predicted octanol–water partition coefficient (Wildman–Crippen LogP) is 16.4. The maximum Gasteiger partial charge on any atom is 0.136 e. The highest BCUT2D eigenvalue weighted by atomic mass is 16.3. The van der Waals surface area contributed by atoms with Gasteiger partial charge in [-0.2, -0.15) is 0 Å². The fourth-order valence-corrected chi connectivity index (χ4v) is 10.6. The summed E-state index contributed by atoms with van der Waals surface area (Å²) in [5.41, 5.74) is 16.7.